The Hall–Kier alpha value is -2.29. The lowest BCUT2D eigenvalue weighted by atomic mass is 10.0. The van der Waals surface area contributed by atoms with Crippen LogP contribution in [-0.4, -0.2) is 11.1 Å². The van der Waals surface area contributed by atoms with E-state index in [0.717, 1.165) is 16.8 Å². The summed E-state index contributed by atoms with van der Waals surface area (Å²) in [7, 11) is 0. The van der Waals surface area contributed by atoms with Crippen molar-refractivity contribution in [3.63, 3.8) is 0 Å². The van der Waals surface area contributed by atoms with Crippen molar-refractivity contribution >= 4 is 17.3 Å². The molecule has 0 spiro atoms. The molecule has 0 aliphatic heterocycles. The Labute approximate surface area is 112 Å². The molecule has 0 aromatic heterocycles. The van der Waals surface area contributed by atoms with E-state index in [1.807, 2.05) is 45.0 Å². The first-order valence-electron chi connectivity index (χ1n) is 6.17. The lowest BCUT2D eigenvalue weighted by Crippen LogP contribution is -2.05. The summed E-state index contributed by atoms with van der Waals surface area (Å²) in [6, 6.07) is 11.2. The Bertz CT molecular complexity index is 633. The minimum absolute atomic E-state index is 0.293. The number of rotatable bonds is 3. The van der Waals surface area contributed by atoms with Gasteiger partial charge in [0, 0.05) is 5.69 Å². The van der Waals surface area contributed by atoms with Crippen molar-refractivity contribution in [1.82, 2.24) is 0 Å². The Morgan fingerprint density at radius 2 is 1.63 bits per heavy atom. The smallest absolute Gasteiger partial charge is 0.337 e. The second-order valence-electron chi connectivity index (χ2n) is 4.68. The van der Waals surface area contributed by atoms with Gasteiger partial charge in [0.15, 0.2) is 0 Å². The molecule has 0 aliphatic rings. The lowest BCUT2D eigenvalue weighted by Gasteiger charge is -2.15. The van der Waals surface area contributed by atoms with Crippen molar-refractivity contribution in [2.45, 2.75) is 20.8 Å². The number of hydrogen-bond acceptors (Lipinski definition) is 2. The minimum Gasteiger partial charge on any atom is -0.478 e. The van der Waals surface area contributed by atoms with Crippen LogP contribution in [0.1, 0.15) is 27.0 Å². The molecule has 0 atom stereocenters. The summed E-state index contributed by atoms with van der Waals surface area (Å²) in [6.07, 6.45) is 0. The van der Waals surface area contributed by atoms with Crippen LogP contribution < -0.4 is 5.32 Å². The van der Waals surface area contributed by atoms with Gasteiger partial charge in [-0.1, -0.05) is 24.3 Å². The molecule has 0 aliphatic carbocycles. The number of carbonyl (C=O) groups is 1. The number of carboxylic acid groups (broad SMARTS) is 1. The van der Waals surface area contributed by atoms with Gasteiger partial charge in [0.05, 0.1) is 11.3 Å². The molecule has 2 rings (SSSR count). The first kappa shape index (κ1) is 13.1. The average molecular weight is 255 g/mol. The van der Waals surface area contributed by atoms with E-state index in [9.17, 15) is 9.90 Å². The molecule has 2 aromatic rings. The Morgan fingerprint density at radius 1 is 1.00 bits per heavy atom. The quantitative estimate of drug-likeness (QED) is 0.869. The van der Waals surface area contributed by atoms with Crippen LogP contribution in [0.4, 0.5) is 11.4 Å². The molecule has 0 radical (unpaired) electrons. The van der Waals surface area contributed by atoms with Gasteiger partial charge in [0.2, 0.25) is 0 Å². The zero-order chi connectivity index (χ0) is 14.0. The van der Waals surface area contributed by atoms with E-state index < -0.39 is 5.97 Å². The van der Waals surface area contributed by atoms with E-state index in [2.05, 4.69) is 5.32 Å². The summed E-state index contributed by atoms with van der Waals surface area (Å²) in [5.74, 6) is -0.920. The molecular formula is C16H17NO2. The van der Waals surface area contributed by atoms with E-state index >= 15 is 0 Å². The number of carboxylic acids is 1. The summed E-state index contributed by atoms with van der Waals surface area (Å²) in [5, 5.41) is 12.5. The topological polar surface area (TPSA) is 49.3 Å². The van der Waals surface area contributed by atoms with Crippen LogP contribution in [0.15, 0.2) is 36.4 Å². The van der Waals surface area contributed by atoms with E-state index in [-0.39, 0.29) is 0 Å². The maximum Gasteiger partial charge on any atom is 0.337 e. The van der Waals surface area contributed by atoms with Crippen LogP contribution in [0.3, 0.4) is 0 Å². The Kier molecular flexibility index (Phi) is 3.56. The maximum absolute atomic E-state index is 11.3. The highest BCUT2D eigenvalue weighted by Gasteiger charge is 2.13. The van der Waals surface area contributed by atoms with Gasteiger partial charge < -0.3 is 10.4 Å². The predicted octanol–water partition coefficient (Wildman–Crippen LogP) is 4.05. The SMILES string of the molecule is Cc1cccc(Nc2c(C)cccc2C(=O)O)c1C. The zero-order valence-electron chi connectivity index (χ0n) is 11.3. The zero-order valence-corrected chi connectivity index (χ0v) is 11.3. The van der Waals surface area contributed by atoms with Crippen molar-refractivity contribution < 1.29 is 9.90 Å². The number of benzene rings is 2. The van der Waals surface area contributed by atoms with Crippen LogP contribution in [0.5, 0.6) is 0 Å². The summed E-state index contributed by atoms with van der Waals surface area (Å²) in [6.45, 7) is 5.97. The first-order valence-corrected chi connectivity index (χ1v) is 6.17. The van der Waals surface area contributed by atoms with Crippen LogP contribution in [0.2, 0.25) is 0 Å². The Balaban J connectivity index is 2.49. The fraction of sp³-hybridized carbons (Fsp3) is 0.188. The largest absolute Gasteiger partial charge is 0.478 e. The van der Waals surface area contributed by atoms with E-state index in [0.29, 0.717) is 11.3 Å². The van der Waals surface area contributed by atoms with E-state index in [4.69, 9.17) is 0 Å². The molecule has 3 heteroatoms. The van der Waals surface area contributed by atoms with Gasteiger partial charge >= 0.3 is 5.97 Å². The highest BCUT2D eigenvalue weighted by Crippen LogP contribution is 2.27. The number of anilines is 2. The van der Waals surface area contributed by atoms with Crippen molar-refractivity contribution in [3.05, 3.63) is 58.7 Å². The fourth-order valence-electron chi connectivity index (χ4n) is 2.03. The molecule has 98 valence electrons. The van der Waals surface area contributed by atoms with E-state index in [1.54, 1.807) is 12.1 Å². The second kappa shape index (κ2) is 5.14. The third-order valence-electron chi connectivity index (χ3n) is 3.37. The molecular weight excluding hydrogens is 238 g/mol. The van der Waals surface area contributed by atoms with E-state index in [1.165, 1.54) is 5.56 Å². The van der Waals surface area contributed by atoms with Gasteiger partial charge in [-0.05, 0) is 49.6 Å². The summed E-state index contributed by atoms with van der Waals surface area (Å²) in [4.78, 5) is 11.3. The van der Waals surface area contributed by atoms with Gasteiger partial charge in [-0.15, -0.1) is 0 Å². The van der Waals surface area contributed by atoms with Crippen molar-refractivity contribution in [3.8, 4) is 0 Å². The second-order valence-corrected chi connectivity index (χ2v) is 4.68. The van der Waals surface area contributed by atoms with Crippen LogP contribution in [0, 0.1) is 20.8 Å². The molecule has 0 fully saturated rings. The van der Waals surface area contributed by atoms with Crippen molar-refractivity contribution in [1.29, 1.82) is 0 Å². The summed E-state index contributed by atoms with van der Waals surface area (Å²) >= 11 is 0. The molecule has 19 heavy (non-hydrogen) atoms. The number of nitrogens with one attached hydrogen (secondary N) is 1. The fourth-order valence-corrected chi connectivity index (χ4v) is 2.03. The Morgan fingerprint density at radius 3 is 2.32 bits per heavy atom. The van der Waals surface area contributed by atoms with Gasteiger partial charge in [0.1, 0.15) is 0 Å². The number of hydrogen-bond donors (Lipinski definition) is 2. The predicted molar refractivity (Wildman–Crippen MR) is 77.3 cm³/mol. The van der Waals surface area contributed by atoms with Gasteiger partial charge in [-0.3, -0.25) is 0 Å². The van der Waals surface area contributed by atoms with Crippen molar-refractivity contribution in [2.24, 2.45) is 0 Å². The first-order chi connectivity index (χ1) is 9.00. The van der Waals surface area contributed by atoms with Gasteiger partial charge in [-0.2, -0.15) is 0 Å². The molecule has 0 bridgehead atoms. The molecule has 2 aromatic carbocycles. The highest BCUT2D eigenvalue weighted by molar-refractivity contribution is 5.96. The van der Waals surface area contributed by atoms with Crippen molar-refractivity contribution in [2.75, 3.05) is 5.32 Å². The molecule has 3 nitrogen and oxygen atoms in total. The normalized spacial score (nSPS) is 10.3. The summed E-state index contributed by atoms with van der Waals surface area (Å²) < 4.78 is 0. The molecule has 0 saturated carbocycles. The van der Waals surface area contributed by atoms with Crippen LogP contribution >= 0.6 is 0 Å². The lowest BCUT2D eigenvalue weighted by molar-refractivity contribution is 0.0698. The van der Waals surface area contributed by atoms with Gasteiger partial charge in [0.25, 0.3) is 0 Å². The standard InChI is InChI=1S/C16H17NO2/c1-10-6-5-9-14(12(10)3)17-15-11(2)7-4-8-13(15)16(18)19/h4-9,17H,1-3H3,(H,18,19). The number of para-hydroxylation sites is 1. The molecule has 0 amide bonds. The molecule has 2 N–H and O–H groups in total. The third-order valence-corrected chi connectivity index (χ3v) is 3.37. The highest BCUT2D eigenvalue weighted by atomic mass is 16.4. The average Bonchev–Trinajstić information content (AvgIpc) is 2.36. The molecule has 0 saturated heterocycles. The number of aryl methyl sites for hydroxylation is 2. The third kappa shape index (κ3) is 2.60. The van der Waals surface area contributed by atoms with Crippen LogP contribution in [0.25, 0.3) is 0 Å². The van der Waals surface area contributed by atoms with Crippen LogP contribution in [-0.2, 0) is 0 Å². The summed E-state index contributed by atoms with van der Waals surface area (Å²) in [5.41, 5.74) is 5.11. The number of aromatic carboxylic acids is 1. The minimum atomic E-state index is -0.920. The maximum atomic E-state index is 11.3. The molecule has 0 unspecified atom stereocenters. The monoisotopic (exact) mass is 255 g/mol. The molecule has 0 heterocycles. The van der Waals surface area contributed by atoms with Gasteiger partial charge in [-0.25, -0.2) is 4.79 Å².